The fourth-order valence-electron chi connectivity index (χ4n) is 2.68. The van der Waals surface area contributed by atoms with Crippen molar-refractivity contribution in [3.63, 3.8) is 0 Å². The van der Waals surface area contributed by atoms with Gasteiger partial charge in [0, 0.05) is 7.05 Å². The van der Waals surface area contributed by atoms with Crippen LogP contribution in [-0.2, 0) is 20.3 Å². The summed E-state index contributed by atoms with van der Waals surface area (Å²) >= 11 is 0. The molecule has 3 N–H and O–H groups in total. The second-order valence-electron chi connectivity index (χ2n) is 6.61. The van der Waals surface area contributed by atoms with E-state index in [2.05, 4.69) is 15.4 Å². The summed E-state index contributed by atoms with van der Waals surface area (Å²) in [5, 5.41) is 17.3. The van der Waals surface area contributed by atoms with Gasteiger partial charge in [-0.15, -0.1) is 0 Å². The summed E-state index contributed by atoms with van der Waals surface area (Å²) in [7, 11) is -1.24. The fourth-order valence-corrected chi connectivity index (χ4v) is 3.83. The van der Waals surface area contributed by atoms with E-state index < -0.39 is 31.6 Å². The molecule has 0 spiro atoms. The molecule has 1 aromatic rings. The van der Waals surface area contributed by atoms with Crippen molar-refractivity contribution in [2.75, 3.05) is 20.8 Å². The molecule has 1 rings (SSSR count). The second kappa shape index (κ2) is 14.7. The van der Waals surface area contributed by atoms with Crippen LogP contribution in [-0.4, -0.2) is 49.5 Å². The van der Waals surface area contributed by atoms with Gasteiger partial charge in [0.2, 0.25) is 5.91 Å². The van der Waals surface area contributed by atoms with Crippen molar-refractivity contribution in [1.29, 1.82) is 0 Å². The second-order valence-corrected chi connectivity index (χ2v) is 8.16. The molecule has 0 saturated carbocycles. The number of rotatable bonds is 12. The number of carbonyl (C=O) groups is 1. The first-order chi connectivity index (χ1) is 13.7. The molecule has 4 atom stereocenters. The number of carbonyl (C=O) groups excluding carboxylic acids is 1. The predicted octanol–water partition coefficient (Wildman–Crippen LogP) is -1.74. The minimum Gasteiger partial charge on any atom is -0.861 e. The Morgan fingerprint density at radius 1 is 1.30 bits per heavy atom. The van der Waals surface area contributed by atoms with E-state index in [0.717, 1.165) is 5.56 Å². The van der Waals surface area contributed by atoms with Gasteiger partial charge in [0.15, 0.2) is 0 Å². The third-order valence-corrected chi connectivity index (χ3v) is 5.75. The van der Waals surface area contributed by atoms with Crippen molar-refractivity contribution in [3.8, 4) is 5.75 Å². The normalized spacial score (nSPS) is 16.5. The zero-order valence-corrected chi connectivity index (χ0v) is 22.6. The molecule has 9 nitrogen and oxygen atoms in total. The van der Waals surface area contributed by atoms with Crippen LogP contribution >= 0.6 is 7.75 Å². The summed E-state index contributed by atoms with van der Waals surface area (Å²) in [6, 6.07) is 5.19. The number of benzene rings is 1. The van der Waals surface area contributed by atoms with Crippen LogP contribution in [0.3, 0.4) is 0 Å². The number of aliphatic imine (C=N–C) groups is 1. The van der Waals surface area contributed by atoms with Crippen LogP contribution in [0.15, 0.2) is 29.3 Å². The van der Waals surface area contributed by atoms with Crippen molar-refractivity contribution in [1.82, 2.24) is 10.4 Å². The van der Waals surface area contributed by atoms with Crippen LogP contribution in [0.4, 0.5) is 0 Å². The van der Waals surface area contributed by atoms with Crippen molar-refractivity contribution in [2.24, 2.45) is 10.9 Å². The molecule has 0 aromatic heterocycles. The van der Waals surface area contributed by atoms with Crippen molar-refractivity contribution in [2.45, 2.75) is 45.7 Å². The van der Waals surface area contributed by atoms with Gasteiger partial charge in [0.05, 0.1) is 25.8 Å². The molecule has 1 aromatic carbocycles. The number of nitrogens with zero attached hydrogens (tertiary/aromatic N) is 1. The molecule has 1 unspecified atom stereocenters. The number of ether oxygens (including phenoxy) is 1. The predicted molar refractivity (Wildman–Crippen MR) is 110 cm³/mol. The number of methoxy groups -OCH3 is 1. The van der Waals surface area contributed by atoms with Gasteiger partial charge in [0.25, 0.3) is 0 Å². The Bertz CT molecular complexity index is 731. The molecular weight excluding hydrogens is 436 g/mol. The van der Waals surface area contributed by atoms with Crippen LogP contribution in [0, 0.1) is 5.92 Å². The molecule has 30 heavy (non-hydrogen) atoms. The van der Waals surface area contributed by atoms with Crippen molar-refractivity contribution in [3.05, 3.63) is 29.8 Å². The molecule has 0 aliphatic carbocycles. The average Bonchev–Trinajstić information content (AvgIpc) is 2.70. The zero-order valence-electron chi connectivity index (χ0n) is 18.5. The van der Waals surface area contributed by atoms with Gasteiger partial charge in [-0.1, -0.05) is 32.4 Å². The summed E-state index contributed by atoms with van der Waals surface area (Å²) in [5.41, 5.74) is 0.809. The first-order valence-corrected chi connectivity index (χ1v) is 11.1. The number of amides is 1. The van der Waals surface area contributed by atoms with Gasteiger partial charge in [0.1, 0.15) is 5.75 Å². The molecule has 0 aliphatic heterocycles. The minimum absolute atomic E-state index is 0. The van der Waals surface area contributed by atoms with Crippen LogP contribution in [0.5, 0.6) is 5.75 Å². The van der Waals surface area contributed by atoms with Gasteiger partial charge < -0.3 is 25.0 Å². The Labute approximate surface area is 221 Å². The van der Waals surface area contributed by atoms with Crippen molar-refractivity contribution < 1.29 is 80.0 Å². The van der Waals surface area contributed by atoms with E-state index in [0.29, 0.717) is 12.2 Å². The molecular formula is C19H31KN3O6P. The van der Waals surface area contributed by atoms with E-state index in [1.807, 2.05) is 6.92 Å². The standard InChI is InChI=1S/C19H32N3O6P.K/c1-6-13(3)17(22-29(25,26)28-7-2)19(24)21-16(18(23)20-4)12-14-8-10-15(27-5)11-9-14;/h8-11,13,16-17H,6-7,12H2,1-5H3,(H,20,23)(H,21,24)(H2,22,25,26);/q;+1/p-1/t13-,16-,17-;/m0./s1. The van der Waals surface area contributed by atoms with Crippen LogP contribution in [0.1, 0.15) is 32.8 Å². The van der Waals surface area contributed by atoms with Gasteiger partial charge in [-0.25, -0.2) is 9.65 Å². The van der Waals surface area contributed by atoms with E-state index >= 15 is 0 Å². The maximum Gasteiger partial charge on any atom is 1.00 e. The first kappa shape index (κ1) is 29.7. The monoisotopic (exact) mass is 467 g/mol. The van der Waals surface area contributed by atoms with Gasteiger partial charge in [-0.3, -0.25) is 9.32 Å². The minimum atomic E-state index is -4.15. The molecule has 0 bridgehead atoms. The first-order valence-electron chi connectivity index (χ1n) is 9.49. The topological polar surface area (TPSA) is 132 Å². The Kier molecular flexibility index (Phi) is 14.6. The number of hydrogen-bond acceptors (Lipinski definition) is 6. The summed E-state index contributed by atoms with van der Waals surface area (Å²) in [6.45, 7) is 5.22. The largest absolute Gasteiger partial charge is 1.00 e. The Balaban J connectivity index is 0.00000841. The average molecular weight is 468 g/mol. The van der Waals surface area contributed by atoms with E-state index in [-0.39, 0.29) is 70.3 Å². The smallest absolute Gasteiger partial charge is 0.861 e. The van der Waals surface area contributed by atoms with E-state index in [1.165, 1.54) is 7.05 Å². The summed E-state index contributed by atoms with van der Waals surface area (Å²) in [6.07, 6.45) is 0.799. The third-order valence-electron chi connectivity index (χ3n) is 4.54. The zero-order chi connectivity index (χ0) is 22.0. The molecule has 164 valence electrons. The third kappa shape index (κ3) is 9.89. The summed E-state index contributed by atoms with van der Waals surface area (Å²) < 4.78 is 22.1. The summed E-state index contributed by atoms with van der Waals surface area (Å²) in [5.74, 6) is -0.652. The van der Waals surface area contributed by atoms with Gasteiger partial charge in [-0.05, 0) is 42.9 Å². The Morgan fingerprint density at radius 2 is 1.90 bits per heavy atom. The number of hydrogen-bond donors (Lipinski definition) is 3. The van der Waals surface area contributed by atoms with Gasteiger partial charge in [-0.2, -0.15) is 0 Å². The van der Waals surface area contributed by atoms with E-state index in [1.54, 1.807) is 45.2 Å². The molecule has 0 aliphatic rings. The van der Waals surface area contributed by atoms with E-state index in [4.69, 9.17) is 9.26 Å². The van der Waals surface area contributed by atoms with Gasteiger partial charge >= 0.3 is 59.1 Å². The Hall–Kier alpha value is -0.294. The quantitative estimate of drug-likeness (QED) is 0.144. The molecule has 0 radical (unpaired) electrons. The summed E-state index contributed by atoms with van der Waals surface area (Å²) in [4.78, 5) is 26.4. The number of nitrogens with one attached hydrogen (secondary N) is 2. The van der Waals surface area contributed by atoms with Crippen molar-refractivity contribution >= 4 is 19.6 Å². The molecule has 1 amide bonds. The molecule has 0 saturated heterocycles. The van der Waals surface area contributed by atoms with Crippen LogP contribution in [0.2, 0.25) is 0 Å². The molecule has 0 fully saturated rings. The maximum atomic E-state index is 12.9. The van der Waals surface area contributed by atoms with E-state index in [9.17, 15) is 19.4 Å². The SMILES string of the molecule is CCOP(=O)(O)N[C@H](C(=O)N[C@@H](Cc1ccc(OC)cc1)C([O-])=NC)[C@@H](C)CC.[K+]. The maximum absolute atomic E-state index is 12.9. The molecule has 0 heterocycles. The fraction of sp³-hybridized carbons (Fsp3) is 0.579. The van der Waals surface area contributed by atoms with Crippen LogP contribution < -0.4 is 71.6 Å². The Morgan fingerprint density at radius 3 is 2.37 bits per heavy atom. The molecule has 11 heteroatoms. The van der Waals surface area contributed by atoms with Crippen LogP contribution in [0.25, 0.3) is 0 Å².